The van der Waals surface area contributed by atoms with Gasteiger partial charge in [0.1, 0.15) is 0 Å². The Balaban J connectivity index is 1.54. The average Bonchev–Trinajstić information content (AvgIpc) is 3.25. The first-order valence-electron chi connectivity index (χ1n) is 14.6. The first kappa shape index (κ1) is 30.0. The highest BCUT2D eigenvalue weighted by Gasteiger charge is 2.46. The van der Waals surface area contributed by atoms with Crippen LogP contribution in [0.25, 0.3) is 0 Å². The monoisotopic (exact) mass is 520 g/mol. The van der Waals surface area contributed by atoms with Gasteiger partial charge in [-0.15, -0.1) is 0 Å². The summed E-state index contributed by atoms with van der Waals surface area (Å²) >= 11 is 0. The molecular formula is C30H48O7. The van der Waals surface area contributed by atoms with Crippen molar-refractivity contribution in [2.45, 2.75) is 128 Å². The van der Waals surface area contributed by atoms with E-state index in [9.17, 15) is 15.0 Å². The zero-order valence-electron chi connectivity index (χ0n) is 22.7. The van der Waals surface area contributed by atoms with E-state index in [1.165, 1.54) is 31.3 Å². The van der Waals surface area contributed by atoms with Gasteiger partial charge in [0, 0.05) is 25.6 Å². The second-order valence-corrected chi connectivity index (χ2v) is 10.5. The highest BCUT2D eigenvalue weighted by molar-refractivity contribution is 5.75. The second-order valence-electron chi connectivity index (χ2n) is 10.5. The minimum Gasteiger partial charge on any atom is -0.477 e. The first-order chi connectivity index (χ1) is 18.0. The molecule has 2 fully saturated rings. The van der Waals surface area contributed by atoms with Gasteiger partial charge in [-0.05, 0) is 76.2 Å². The molecule has 7 heteroatoms. The van der Waals surface area contributed by atoms with Crippen LogP contribution in [0.4, 0.5) is 0 Å². The molecule has 0 amide bonds. The van der Waals surface area contributed by atoms with Gasteiger partial charge in [0.25, 0.3) is 5.79 Å². The number of hydrogen-bond donors (Lipinski definition) is 2. The molecule has 210 valence electrons. The van der Waals surface area contributed by atoms with E-state index in [2.05, 4.69) is 25.2 Å². The summed E-state index contributed by atoms with van der Waals surface area (Å²) in [5.41, 5.74) is 1.20. The van der Waals surface area contributed by atoms with Crippen LogP contribution in [0, 0.1) is 5.92 Å². The van der Waals surface area contributed by atoms with Crippen molar-refractivity contribution in [3.63, 3.8) is 0 Å². The number of carboxylic acid groups (broad SMARTS) is 1. The Morgan fingerprint density at radius 1 is 1.00 bits per heavy atom. The van der Waals surface area contributed by atoms with Gasteiger partial charge in [0.05, 0.1) is 6.10 Å². The highest BCUT2D eigenvalue weighted by atomic mass is 16.8. The van der Waals surface area contributed by atoms with Crippen LogP contribution >= 0.6 is 0 Å². The van der Waals surface area contributed by atoms with Gasteiger partial charge >= 0.3 is 5.97 Å². The number of hydrogen-bond acceptors (Lipinski definition) is 6. The third-order valence-corrected chi connectivity index (χ3v) is 7.46. The molecule has 0 saturated carbocycles. The number of aliphatic hydroxyl groups is 1. The third-order valence-electron chi connectivity index (χ3n) is 7.46. The predicted octanol–water partition coefficient (Wildman–Crippen LogP) is 6.41. The Morgan fingerprint density at radius 3 is 2.30 bits per heavy atom. The largest absolute Gasteiger partial charge is 0.477 e. The van der Waals surface area contributed by atoms with E-state index in [1.54, 1.807) is 0 Å². The Bertz CT molecular complexity index is 727. The number of carboxylic acids is 1. The first-order valence-corrected chi connectivity index (χ1v) is 14.6. The zero-order chi connectivity index (χ0) is 26.3. The number of aliphatic carboxylic acids is 1. The fourth-order valence-electron chi connectivity index (χ4n) is 5.21. The average molecular weight is 521 g/mol. The molecule has 0 spiro atoms. The highest BCUT2D eigenvalue weighted by Crippen LogP contribution is 2.33. The second kappa shape index (κ2) is 16.5. The summed E-state index contributed by atoms with van der Waals surface area (Å²) in [7, 11) is 0. The smallest absolute Gasteiger partial charge is 0.364 e. The lowest BCUT2D eigenvalue weighted by molar-refractivity contribution is -0.352. The van der Waals surface area contributed by atoms with Crippen LogP contribution in [-0.4, -0.2) is 53.9 Å². The normalized spacial score (nSPS) is 28.5. The molecule has 2 aliphatic heterocycles. The molecule has 3 rings (SSSR count). The van der Waals surface area contributed by atoms with Gasteiger partial charge in [-0.25, -0.2) is 4.79 Å². The number of unbranched alkanes of at least 4 members (excludes halogenated alkanes) is 4. The van der Waals surface area contributed by atoms with Gasteiger partial charge in [0.15, 0.2) is 12.6 Å². The van der Waals surface area contributed by atoms with Crippen molar-refractivity contribution < 1.29 is 34.0 Å². The maximum Gasteiger partial charge on any atom is 0.364 e. The minimum atomic E-state index is -1.81. The predicted molar refractivity (Wildman–Crippen MR) is 143 cm³/mol. The summed E-state index contributed by atoms with van der Waals surface area (Å²) in [6.07, 6.45) is 22.2. The summed E-state index contributed by atoms with van der Waals surface area (Å²) in [5, 5.41) is 20.7. The van der Waals surface area contributed by atoms with E-state index < -0.39 is 24.3 Å². The quantitative estimate of drug-likeness (QED) is 0.138. The number of ether oxygens (including phenoxy) is 4. The minimum absolute atomic E-state index is 0.0751. The maximum absolute atomic E-state index is 12.5. The SMILES string of the molecule is CCCCCCC=CC1=CC[C@H](O)[C@@H]1C/C=C/CCC(OC1CCCCO1)(OC1CCCCO1)C(=O)O. The Morgan fingerprint density at radius 2 is 1.70 bits per heavy atom. The topological polar surface area (TPSA) is 94.5 Å². The number of rotatable bonds is 16. The Hall–Kier alpha value is -1.51. The fourth-order valence-corrected chi connectivity index (χ4v) is 5.21. The molecule has 2 unspecified atom stereocenters. The van der Waals surface area contributed by atoms with Gasteiger partial charge < -0.3 is 29.2 Å². The Kier molecular flexibility index (Phi) is 13.4. The summed E-state index contributed by atoms with van der Waals surface area (Å²) in [6, 6.07) is 0. The lowest BCUT2D eigenvalue weighted by atomic mass is 9.94. The van der Waals surface area contributed by atoms with Crippen LogP contribution in [0.15, 0.2) is 36.0 Å². The fraction of sp³-hybridized carbons (Fsp3) is 0.767. The van der Waals surface area contributed by atoms with E-state index in [4.69, 9.17) is 18.9 Å². The van der Waals surface area contributed by atoms with Crippen molar-refractivity contribution in [1.29, 1.82) is 0 Å². The van der Waals surface area contributed by atoms with Crippen LogP contribution < -0.4 is 0 Å². The van der Waals surface area contributed by atoms with Gasteiger partial charge in [-0.1, -0.05) is 56.6 Å². The molecule has 0 bridgehead atoms. The molecular weight excluding hydrogens is 472 g/mol. The molecule has 4 atom stereocenters. The summed E-state index contributed by atoms with van der Waals surface area (Å²) in [6.45, 7) is 3.34. The van der Waals surface area contributed by atoms with E-state index in [0.717, 1.165) is 32.1 Å². The lowest BCUT2D eigenvalue weighted by Gasteiger charge is -2.37. The molecule has 0 aromatic heterocycles. The van der Waals surface area contributed by atoms with E-state index in [0.29, 0.717) is 45.3 Å². The molecule has 1 aliphatic carbocycles. The van der Waals surface area contributed by atoms with Gasteiger partial charge in [-0.2, -0.15) is 0 Å². The molecule has 0 radical (unpaired) electrons. The van der Waals surface area contributed by atoms with Gasteiger partial charge in [-0.3, -0.25) is 0 Å². The molecule has 7 nitrogen and oxygen atoms in total. The molecule has 2 saturated heterocycles. The van der Waals surface area contributed by atoms with Crippen molar-refractivity contribution in [2.24, 2.45) is 5.92 Å². The lowest BCUT2D eigenvalue weighted by Crippen LogP contribution is -2.51. The van der Waals surface area contributed by atoms with Crippen LogP contribution in [0.1, 0.15) is 103 Å². The van der Waals surface area contributed by atoms with Crippen molar-refractivity contribution in [3.8, 4) is 0 Å². The number of allylic oxidation sites excluding steroid dienone is 4. The van der Waals surface area contributed by atoms with E-state index in [-0.39, 0.29) is 18.4 Å². The van der Waals surface area contributed by atoms with Crippen LogP contribution in [0.5, 0.6) is 0 Å². The molecule has 0 aromatic carbocycles. The molecule has 3 aliphatic rings. The molecule has 2 N–H and O–H groups in total. The van der Waals surface area contributed by atoms with E-state index >= 15 is 0 Å². The molecule has 37 heavy (non-hydrogen) atoms. The van der Waals surface area contributed by atoms with Crippen LogP contribution in [-0.2, 0) is 23.7 Å². The van der Waals surface area contributed by atoms with Crippen molar-refractivity contribution in [1.82, 2.24) is 0 Å². The summed E-state index contributed by atoms with van der Waals surface area (Å²) < 4.78 is 23.4. The van der Waals surface area contributed by atoms with Crippen LogP contribution in [0.2, 0.25) is 0 Å². The number of carbonyl (C=O) groups is 1. The third kappa shape index (κ3) is 9.95. The van der Waals surface area contributed by atoms with Crippen molar-refractivity contribution >= 4 is 5.97 Å². The van der Waals surface area contributed by atoms with Crippen molar-refractivity contribution in [2.75, 3.05) is 13.2 Å². The van der Waals surface area contributed by atoms with Gasteiger partial charge in [0.2, 0.25) is 0 Å². The Labute approximate surface area is 222 Å². The summed E-state index contributed by atoms with van der Waals surface area (Å²) in [4.78, 5) is 12.5. The number of aliphatic hydroxyl groups excluding tert-OH is 1. The maximum atomic E-state index is 12.5. The molecule has 0 aromatic rings. The van der Waals surface area contributed by atoms with E-state index in [1.807, 2.05) is 12.2 Å². The summed E-state index contributed by atoms with van der Waals surface area (Å²) in [5.74, 6) is -2.89. The molecule has 2 heterocycles. The standard InChI is InChI=1S/C30H48O7/c1-2-3-4-5-6-8-15-24-19-20-26(31)25(24)16-9-7-12-21-30(29(32)33,36-27-17-10-13-22-34-27)37-28-18-11-14-23-35-28/h7-9,15,19,25-28,31H,2-6,10-14,16-18,20-23H2,1H3,(H,32,33)/b9-7+,15-8?/t25-,26+,27?,28?,30?/m1/s1. The zero-order valence-corrected chi connectivity index (χ0v) is 22.7. The van der Waals surface area contributed by atoms with Crippen LogP contribution in [0.3, 0.4) is 0 Å². The van der Waals surface area contributed by atoms with Crippen molar-refractivity contribution in [3.05, 3.63) is 36.0 Å².